The molecule has 0 aromatic heterocycles. The highest BCUT2D eigenvalue weighted by molar-refractivity contribution is 5.77. The van der Waals surface area contributed by atoms with Crippen molar-refractivity contribution in [3.8, 4) is 0 Å². The van der Waals surface area contributed by atoms with Crippen molar-refractivity contribution in [2.75, 3.05) is 13.7 Å². The van der Waals surface area contributed by atoms with Crippen molar-refractivity contribution in [2.24, 2.45) is 0 Å². The first-order chi connectivity index (χ1) is 12.3. The number of carbonyl (C=O) groups is 2. The van der Waals surface area contributed by atoms with E-state index in [-0.39, 0.29) is 12.1 Å². The number of methoxy groups -OCH3 is 1. The van der Waals surface area contributed by atoms with Crippen LogP contribution in [0.2, 0.25) is 0 Å². The van der Waals surface area contributed by atoms with E-state index < -0.39 is 41.5 Å². The Labute approximate surface area is 156 Å². The Morgan fingerprint density at radius 3 is 2.33 bits per heavy atom. The minimum absolute atomic E-state index is 0.106. The van der Waals surface area contributed by atoms with Crippen LogP contribution in [0.4, 0.5) is 18.0 Å². The Morgan fingerprint density at radius 1 is 1.19 bits per heavy atom. The third-order valence-electron chi connectivity index (χ3n) is 3.38. The Kier molecular flexibility index (Phi) is 7.65. The lowest BCUT2D eigenvalue weighted by molar-refractivity contribution is -0.143. The summed E-state index contributed by atoms with van der Waals surface area (Å²) in [7, 11) is 1.15. The molecule has 27 heavy (non-hydrogen) atoms. The second-order valence-electron chi connectivity index (χ2n) is 7.03. The van der Waals surface area contributed by atoms with Crippen LogP contribution in [0.3, 0.4) is 0 Å². The Hall–Kier alpha value is -2.29. The summed E-state index contributed by atoms with van der Waals surface area (Å²) in [6.45, 7) is 6.93. The minimum atomic E-state index is -4.53. The molecule has 0 heterocycles. The highest BCUT2D eigenvalue weighted by atomic mass is 19.4. The number of rotatable bonds is 6. The van der Waals surface area contributed by atoms with Crippen molar-refractivity contribution in [1.82, 2.24) is 10.6 Å². The number of hydrogen-bond acceptors (Lipinski definition) is 5. The van der Waals surface area contributed by atoms with Gasteiger partial charge in [0.2, 0.25) is 0 Å². The molecule has 1 unspecified atom stereocenters. The summed E-state index contributed by atoms with van der Waals surface area (Å²) in [6.07, 6.45) is -5.16. The van der Waals surface area contributed by atoms with E-state index in [0.29, 0.717) is 0 Å². The molecule has 0 aliphatic carbocycles. The van der Waals surface area contributed by atoms with Gasteiger partial charge in [0.1, 0.15) is 11.6 Å². The largest absolute Gasteiger partial charge is 0.468 e. The predicted molar refractivity (Wildman–Crippen MR) is 93.0 cm³/mol. The third-order valence-corrected chi connectivity index (χ3v) is 3.38. The van der Waals surface area contributed by atoms with Crippen molar-refractivity contribution in [3.63, 3.8) is 0 Å². The van der Waals surface area contributed by atoms with Gasteiger partial charge in [-0.05, 0) is 45.4 Å². The molecule has 9 heteroatoms. The molecular weight excluding hydrogens is 365 g/mol. The van der Waals surface area contributed by atoms with Gasteiger partial charge in [-0.25, -0.2) is 9.59 Å². The van der Waals surface area contributed by atoms with Gasteiger partial charge in [-0.1, -0.05) is 12.1 Å². The molecule has 0 saturated carbocycles. The van der Waals surface area contributed by atoms with E-state index in [9.17, 15) is 22.8 Å². The Morgan fingerprint density at radius 2 is 1.81 bits per heavy atom. The molecule has 1 aromatic carbocycles. The van der Waals surface area contributed by atoms with Gasteiger partial charge >= 0.3 is 18.2 Å². The second kappa shape index (κ2) is 9.07. The lowest BCUT2D eigenvalue weighted by Gasteiger charge is -2.23. The smallest absolute Gasteiger partial charge is 0.416 e. The number of alkyl carbamates (subject to hydrolysis) is 1. The highest BCUT2D eigenvalue weighted by Crippen LogP contribution is 2.31. The average molecular weight is 390 g/mol. The quantitative estimate of drug-likeness (QED) is 0.728. The number of carbonyl (C=O) groups excluding carboxylic acids is 2. The molecule has 0 aliphatic rings. The van der Waals surface area contributed by atoms with Gasteiger partial charge in [0.15, 0.2) is 0 Å². The molecule has 1 amide bonds. The number of amides is 1. The molecule has 0 aliphatic heterocycles. The summed E-state index contributed by atoms with van der Waals surface area (Å²) in [5.74, 6) is -0.737. The van der Waals surface area contributed by atoms with Crippen LogP contribution in [-0.4, -0.2) is 37.4 Å². The molecule has 0 radical (unpaired) electrons. The molecule has 152 valence electrons. The zero-order chi connectivity index (χ0) is 20.8. The topological polar surface area (TPSA) is 76.7 Å². The van der Waals surface area contributed by atoms with Gasteiger partial charge in [-0.3, -0.25) is 5.32 Å². The summed E-state index contributed by atoms with van der Waals surface area (Å²) in [5, 5.41) is 5.40. The zero-order valence-electron chi connectivity index (χ0n) is 15.9. The molecule has 0 bridgehead atoms. The van der Waals surface area contributed by atoms with Crippen molar-refractivity contribution >= 4 is 12.1 Å². The predicted octanol–water partition coefficient (Wildman–Crippen LogP) is 3.42. The number of ether oxygens (including phenoxy) is 2. The van der Waals surface area contributed by atoms with Crippen molar-refractivity contribution in [1.29, 1.82) is 0 Å². The average Bonchev–Trinajstić information content (AvgIpc) is 2.52. The number of nitrogens with one attached hydrogen (secondary N) is 2. The molecular formula is C18H25F3N2O4. The van der Waals surface area contributed by atoms with E-state index in [0.717, 1.165) is 19.2 Å². The zero-order valence-corrected chi connectivity index (χ0v) is 15.9. The molecule has 1 aromatic rings. The van der Waals surface area contributed by atoms with Gasteiger partial charge < -0.3 is 14.8 Å². The standard InChI is InChI=1S/C18H25F3N2O4/c1-11(23-16(25)27-17(2,3)4)10-22-14(15(24)26-5)12-7-6-8-13(9-12)18(19,20)21/h6-9,11,14,22H,10H2,1-5H3,(H,23,25)/t11-,14?/m1/s1. The van der Waals surface area contributed by atoms with Crippen LogP contribution in [0.15, 0.2) is 24.3 Å². The van der Waals surface area contributed by atoms with Crippen LogP contribution < -0.4 is 10.6 Å². The van der Waals surface area contributed by atoms with Gasteiger partial charge in [0, 0.05) is 12.6 Å². The molecule has 0 fully saturated rings. The van der Waals surface area contributed by atoms with Crippen LogP contribution >= 0.6 is 0 Å². The normalized spacial score (nSPS) is 14.2. The first-order valence-electron chi connectivity index (χ1n) is 8.31. The van der Waals surface area contributed by atoms with Crippen LogP contribution in [0.1, 0.15) is 44.9 Å². The van der Waals surface area contributed by atoms with Gasteiger partial charge in [0.05, 0.1) is 12.7 Å². The van der Waals surface area contributed by atoms with Crippen molar-refractivity contribution in [2.45, 2.75) is 51.6 Å². The summed E-state index contributed by atoms with van der Waals surface area (Å²) >= 11 is 0. The third kappa shape index (κ3) is 7.86. The fourth-order valence-corrected chi connectivity index (χ4v) is 2.20. The van der Waals surface area contributed by atoms with Gasteiger partial charge in [0.25, 0.3) is 0 Å². The highest BCUT2D eigenvalue weighted by Gasteiger charge is 2.32. The fraction of sp³-hybridized carbons (Fsp3) is 0.556. The van der Waals surface area contributed by atoms with Crippen LogP contribution in [0.25, 0.3) is 0 Å². The molecule has 0 saturated heterocycles. The fourth-order valence-electron chi connectivity index (χ4n) is 2.20. The summed E-state index contributed by atoms with van der Waals surface area (Å²) in [4.78, 5) is 23.8. The number of halogens is 3. The van der Waals surface area contributed by atoms with E-state index in [1.807, 2.05) is 0 Å². The summed E-state index contributed by atoms with van der Waals surface area (Å²) < 4.78 is 48.5. The maximum absolute atomic E-state index is 12.9. The van der Waals surface area contributed by atoms with E-state index in [1.54, 1.807) is 27.7 Å². The maximum atomic E-state index is 12.9. The number of hydrogen-bond donors (Lipinski definition) is 2. The Bertz CT molecular complexity index is 657. The van der Waals surface area contributed by atoms with Crippen LogP contribution in [-0.2, 0) is 20.4 Å². The SMILES string of the molecule is COC(=O)C(NC[C@@H](C)NC(=O)OC(C)(C)C)c1cccc(C(F)(F)F)c1. The molecule has 0 spiro atoms. The van der Waals surface area contributed by atoms with Crippen LogP contribution in [0.5, 0.6) is 0 Å². The molecule has 1 rings (SSSR count). The van der Waals surface area contributed by atoms with Gasteiger partial charge in [-0.2, -0.15) is 13.2 Å². The Balaban J connectivity index is 2.82. The second-order valence-corrected chi connectivity index (χ2v) is 7.03. The van der Waals surface area contributed by atoms with E-state index in [4.69, 9.17) is 4.74 Å². The molecule has 6 nitrogen and oxygen atoms in total. The summed E-state index contributed by atoms with van der Waals surface area (Å²) in [5.41, 5.74) is -1.42. The first-order valence-corrected chi connectivity index (χ1v) is 8.31. The van der Waals surface area contributed by atoms with Crippen molar-refractivity contribution in [3.05, 3.63) is 35.4 Å². The number of alkyl halides is 3. The lowest BCUT2D eigenvalue weighted by atomic mass is 10.0. The molecule has 2 N–H and O–H groups in total. The van der Waals surface area contributed by atoms with E-state index in [1.165, 1.54) is 12.1 Å². The maximum Gasteiger partial charge on any atom is 0.416 e. The van der Waals surface area contributed by atoms with Crippen molar-refractivity contribution < 1.29 is 32.2 Å². The molecule has 2 atom stereocenters. The van der Waals surface area contributed by atoms with Gasteiger partial charge in [-0.15, -0.1) is 0 Å². The van der Waals surface area contributed by atoms with E-state index >= 15 is 0 Å². The number of esters is 1. The summed E-state index contributed by atoms with van der Waals surface area (Å²) in [6, 6.07) is 2.87. The monoisotopic (exact) mass is 390 g/mol. The van der Waals surface area contributed by atoms with Crippen LogP contribution in [0, 0.1) is 0 Å². The minimum Gasteiger partial charge on any atom is -0.468 e. The number of benzene rings is 1. The van der Waals surface area contributed by atoms with E-state index in [2.05, 4.69) is 15.4 Å². The lowest BCUT2D eigenvalue weighted by Crippen LogP contribution is -2.44. The first kappa shape index (κ1) is 22.8.